The van der Waals surface area contributed by atoms with Gasteiger partial charge in [-0.25, -0.2) is 0 Å². The standard InChI is InChI=1S/C21H28O2/c1-3-20-11-9-17-16-8-6-15(22)13-14(16)5-7-18(17)19(20)10-12-21(20,23)4-2/h2,13,16-19,23H,3,5-12H2,1H3/t16?,17?,18?,19-,20?,21-/m0/s1. The van der Waals surface area contributed by atoms with Crippen LogP contribution in [0.3, 0.4) is 0 Å². The average molecular weight is 312 g/mol. The van der Waals surface area contributed by atoms with Gasteiger partial charge in [0.15, 0.2) is 5.78 Å². The molecule has 23 heavy (non-hydrogen) atoms. The molecule has 4 aliphatic carbocycles. The van der Waals surface area contributed by atoms with Gasteiger partial charge in [0.05, 0.1) is 0 Å². The van der Waals surface area contributed by atoms with E-state index >= 15 is 0 Å². The number of hydrogen-bond donors (Lipinski definition) is 1. The second-order valence-corrected chi connectivity index (χ2v) is 8.40. The molecule has 0 spiro atoms. The maximum Gasteiger partial charge on any atom is 0.155 e. The van der Waals surface area contributed by atoms with Gasteiger partial charge in [-0.15, -0.1) is 6.42 Å². The van der Waals surface area contributed by atoms with Crippen molar-refractivity contribution in [3.63, 3.8) is 0 Å². The van der Waals surface area contributed by atoms with Crippen LogP contribution in [0.25, 0.3) is 0 Å². The van der Waals surface area contributed by atoms with Gasteiger partial charge in [-0.3, -0.25) is 4.79 Å². The lowest BCUT2D eigenvalue weighted by Gasteiger charge is -2.55. The number of fused-ring (bicyclic) bond motifs is 5. The maximum atomic E-state index is 11.8. The summed E-state index contributed by atoms with van der Waals surface area (Å²) in [6.45, 7) is 2.22. The Hall–Kier alpha value is -1.07. The number of rotatable bonds is 1. The van der Waals surface area contributed by atoms with Gasteiger partial charge in [-0.05, 0) is 81.1 Å². The molecule has 0 heterocycles. The Morgan fingerprint density at radius 1 is 1.22 bits per heavy atom. The summed E-state index contributed by atoms with van der Waals surface area (Å²) in [5.41, 5.74) is 0.474. The Bertz CT molecular complexity index is 597. The summed E-state index contributed by atoms with van der Waals surface area (Å²) in [6, 6.07) is 0. The zero-order chi connectivity index (χ0) is 16.2. The number of allylic oxidation sites excluding steroid dienone is 1. The van der Waals surface area contributed by atoms with Gasteiger partial charge in [-0.1, -0.05) is 18.4 Å². The van der Waals surface area contributed by atoms with Crippen molar-refractivity contribution in [3.8, 4) is 12.3 Å². The first-order chi connectivity index (χ1) is 11.0. The van der Waals surface area contributed by atoms with E-state index in [9.17, 15) is 9.90 Å². The number of hydrogen-bond acceptors (Lipinski definition) is 2. The van der Waals surface area contributed by atoms with Gasteiger partial charge in [-0.2, -0.15) is 0 Å². The van der Waals surface area contributed by atoms with E-state index in [1.165, 1.54) is 18.4 Å². The molecular weight excluding hydrogens is 284 g/mol. The SMILES string of the molecule is C#C[C@]1(O)CC[C@H]2C3CCC4=CC(=O)CCC4C3CCC21CC. The summed E-state index contributed by atoms with van der Waals surface area (Å²) in [7, 11) is 0. The van der Waals surface area contributed by atoms with Gasteiger partial charge in [0.25, 0.3) is 0 Å². The van der Waals surface area contributed by atoms with Crippen molar-refractivity contribution in [3.05, 3.63) is 11.6 Å². The molecule has 1 N–H and O–H groups in total. The van der Waals surface area contributed by atoms with Crippen molar-refractivity contribution in [2.24, 2.45) is 29.1 Å². The van der Waals surface area contributed by atoms with Crippen LogP contribution in [0.2, 0.25) is 0 Å². The molecule has 6 atom stereocenters. The molecule has 0 radical (unpaired) electrons. The summed E-state index contributed by atoms with van der Waals surface area (Å²) >= 11 is 0. The first kappa shape index (κ1) is 15.5. The molecule has 0 aromatic rings. The van der Waals surface area contributed by atoms with Crippen LogP contribution in [0.1, 0.15) is 64.7 Å². The summed E-state index contributed by atoms with van der Waals surface area (Å²) in [6.07, 6.45) is 16.9. The third kappa shape index (κ3) is 1.96. The third-order valence-corrected chi connectivity index (χ3v) is 8.02. The molecule has 0 aromatic carbocycles. The minimum Gasteiger partial charge on any atom is -0.377 e. The van der Waals surface area contributed by atoms with E-state index in [-0.39, 0.29) is 5.41 Å². The lowest BCUT2D eigenvalue weighted by molar-refractivity contribution is -0.117. The maximum absolute atomic E-state index is 11.8. The minimum atomic E-state index is -0.893. The molecule has 124 valence electrons. The topological polar surface area (TPSA) is 37.3 Å². The van der Waals surface area contributed by atoms with Crippen LogP contribution in [0.15, 0.2) is 11.6 Å². The van der Waals surface area contributed by atoms with E-state index in [0.717, 1.165) is 44.9 Å². The molecule has 3 fully saturated rings. The monoisotopic (exact) mass is 312 g/mol. The highest BCUT2D eigenvalue weighted by molar-refractivity contribution is 5.91. The fraction of sp³-hybridized carbons (Fsp3) is 0.762. The van der Waals surface area contributed by atoms with E-state index in [0.29, 0.717) is 29.5 Å². The minimum absolute atomic E-state index is 0.0609. The zero-order valence-corrected chi connectivity index (χ0v) is 14.2. The number of carbonyl (C=O) groups is 1. The highest BCUT2D eigenvalue weighted by Gasteiger charge is 2.63. The van der Waals surface area contributed by atoms with Crippen LogP contribution < -0.4 is 0 Å². The quantitative estimate of drug-likeness (QED) is 0.746. The van der Waals surface area contributed by atoms with Crippen LogP contribution in [-0.4, -0.2) is 16.5 Å². The second-order valence-electron chi connectivity index (χ2n) is 8.40. The number of carbonyl (C=O) groups excluding carboxylic acids is 1. The van der Waals surface area contributed by atoms with Crippen molar-refractivity contribution >= 4 is 5.78 Å². The predicted octanol–water partition coefficient (Wildman–Crippen LogP) is 3.88. The molecule has 0 aromatic heterocycles. The summed E-state index contributed by atoms with van der Waals surface area (Å²) < 4.78 is 0. The van der Waals surface area contributed by atoms with E-state index in [1.807, 2.05) is 6.08 Å². The lowest BCUT2D eigenvalue weighted by Crippen LogP contribution is -2.53. The van der Waals surface area contributed by atoms with Gasteiger partial charge < -0.3 is 5.11 Å². The Morgan fingerprint density at radius 3 is 2.78 bits per heavy atom. The van der Waals surface area contributed by atoms with Crippen molar-refractivity contribution < 1.29 is 9.90 Å². The predicted molar refractivity (Wildman–Crippen MR) is 90.5 cm³/mol. The Morgan fingerprint density at radius 2 is 2.04 bits per heavy atom. The molecule has 2 nitrogen and oxygen atoms in total. The Kier molecular flexibility index (Phi) is 3.50. The summed E-state index contributed by atoms with van der Waals surface area (Å²) in [5, 5.41) is 11.1. The largest absolute Gasteiger partial charge is 0.377 e. The van der Waals surface area contributed by atoms with Crippen molar-refractivity contribution in [1.82, 2.24) is 0 Å². The number of terminal acetylenes is 1. The molecule has 2 heteroatoms. The van der Waals surface area contributed by atoms with Gasteiger partial charge >= 0.3 is 0 Å². The number of aliphatic hydroxyl groups is 1. The highest BCUT2D eigenvalue weighted by Crippen LogP contribution is 2.66. The molecule has 0 aliphatic heterocycles. The normalized spacial score (nSPS) is 48.7. The highest BCUT2D eigenvalue weighted by atomic mass is 16.3. The summed E-state index contributed by atoms with van der Waals surface area (Å²) in [5.74, 6) is 5.73. The first-order valence-corrected chi connectivity index (χ1v) is 9.48. The second kappa shape index (κ2) is 5.21. The fourth-order valence-electron chi connectivity index (χ4n) is 6.96. The van der Waals surface area contributed by atoms with Crippen LogP contribution in [0, 0.1) is 41.4 Å². The van der Waals surface area contributed by atoms with Crippen LogP contribution in [0.5, 0.6) is 0 Å². The van der Waals surface area contributed by atoms with E-state index in [4.69, 9.17) is 6.42 Å². The van der Waals surface area contributed by atoms with Crippen molar-refractivity contribution in [2.45, 2.75) is 70.3 Å². The third-order valence-electron chi connectivity index (χ3n) is 8.02. The smallest absolute Gasteiger partial charge is 0.155 e. The number of ketones is 1. The van der Waals surface area contributed by atoms with E-state index < -0.39 is 5.60 Å². The van der Waals surface area contributed by atoms with Crippen LogP contribution in [0.4, 0.5) is 0 Å². The van der Waals surface area contributed by atoms with Crippen molar-refractivity contribution in [1.29, 1.82) is 0 Å². The zero-order valence-electron chi connectivity index (χ0n) is 14.2. The van der Waals surface area contributed by atoms with E-state index in [2.05, 4.69) is 12.8 Å². The Labute approximate surface area is 139 Å². The molecule has 3 saturated carbocycles. The van der Waals surface area contributed by atoms with Crippen LogP contribution >= 0.6 is 0 Å². The first-order valence-electron chi connectivity index (χ1n) is 9.48. The average Bonchev–Trinajstić information content (AvgIpc) is 2.88. The summed E-state index contributed by atoms with van der Waals surface area (Å²) in [4.78, 5) is 11.8. The molecular formula is C21H28O2. The van der Waals surface area contributed by atoms with E-state index in [1.54, 1.807) is 0 Å². The molecule has 4 rings (SSSR count). The molecule has 0 saturated heterocycles. The molecule has 4 unspecified atom stereocenters. The van der Waals surface area contributed by atoms with Crippen LogP contribution in [-0.2, 0) is 4.79 Å². The van der Waals surface area contributed by atoms with Gasteiger partial charge in [0.2, 0.25) is 0 Å². The fourth-order valence-corrected chi connectivity index (χ4v) is 6.96. The van der Waals surface area contributed by atoms with Gasteiger partial charge in [0.1, 0.15) is 5.60 Å². The Balaban J connectivity index is 1.67. The molecule has 0 amide bonds. The van der Waals surface area contributed by atoms with Gasteiger partial charge in [0, 0.05) is 11.8 Å². The molecule has 4 aliphatic rings. The lowest BCUT2D eigenvalue weighted by atomic mass is 9.49. The molecule has 0 bridgehead atoms. The van der Waals surface area contributed by atoms with Crippen molar-refractivity contribution in [2.75, 3.05) is 0 Å².